The Morgan fingerprint density at radius 2 is 2.11 bits per heavy atom. The van der Waals surface area contributed by atoms with Crippen LogP contribution in [0.25, 0.3) is 0 Å². The maximum absolute atomic E-state index is 3.66. The SMILES string of the molecule is CCCNC(c1csc(Br)c1)c1cc(C)sc1C. The zero-order valence-corrected chi connectivity index (χ0v) is 14.1. The first-order chi connectivity index (χ1) is 8.61. The van der Waals surface area contributed by atoms with E-state index in [-0.39, 0.29) is 0 Å². The van der Waals surface area contributed by atoms with Crippen LogP contribution < -0.4 is 5.32 Å². The molecule has 0 amide bonds. The van der Waals surface area contributed by atoms with E-state index in [1.165, 1.54) is 24.7 Å². The molecule has 1 nitrogen and oxygen atoms in total. The maximum atomic E-state index is 3.66. The minimum atomic E-state index is 0.331. The molecule has 0 saturated carbocycles. The lowest BCUT2D eigenvalue weighted by molar-refractivity contribution is 0.599. The van der Waals surface area contributed by atoms with Crippen LogP contribution >= 0.6 is 38.6 Å². The van der Waals surface area contributed by atoms with Crippen molar-refractivity contribution in [2.24, 2.45) is 0 Å². The van der Waals surface area contributed by atoms with Crippen LogP contribution in [0, 0.1) is 13.8 Å². The molecular weight excluding hydrogens is 326 g/mol. The highest BCUT2D eigenvalue weighted by atomic mass is 79.9. The van der Waals surface area contributed by atoms with Crippen LogP contribution in [0.4, 0.5) is 0 Å². The Labute approximate surface area is 125 Å². The first-order valence-electron chi connectivity index (χ1n) is 6.16. The summed E-state index contributed by atoms with van der Waals surface area (Å²) >= 11 is 7.20. The number of nitrogens with one attached hydrogen (secondary N) is 1. The predicted molar refractivity (Wildman–Crippen MR) is 85.9 cm³/mol. The summed E-state index contributed by atoms with van der Waals surface area (Å²) in [7, 11) is 0. The Balaban J connectivity index is 2.33. The number of thiophene rings is 2. The van der Waals surface area contributed by atoms with Crippen molar-refractivity contribution < 1.29 is 0 Å². The number of hydrogen-bond donors (Lipinski definition) is 1. The second-order valence-corrected chi connectivity index (χ2v) is 8.19. The summed E-state index contributed by atoms with van der Waals surface area (Å²) in [6.07, 6.45) is 1.16. The minimum absolute atomic E-state index is 0.331. The molecule has 0 aliphatic rings. The second kappa shape index (κ2) is 6.33. The number of rotatable bonds is 5. The molecule has 4 heteroatoms. The van der Waals surface area contributed by atoms with Crippen LogP contribution in [0.5, 0.6) is 0 Å². The van der Waals surface area contributed by atoms with E-state index in [2.05, 4.69) is 59.5 Å². The van der Waals surface area contributed by atoms with Gasteiger partial charge in [0, 0.05) is 9.75 Å². The molecule has 1 atom stereocenters. The fraction of sp³-hybridized carbons (Fsp3) is 0.429. The second-order valence-electron chi connectivity index (χ2n) is 4.44. The van der Waals surface area contributed by atoms with Crippen LogP contribution in [0.2, 0.25) is 0 Å². The molecule has 0 aromatic carbocycles. The standard InChI is InChI=1S/C14H18BrNS2/c1-4-5-16-14(11-7-13(15)17-8-11)12-6-9(2)18-10(12)3/h6-8,14,16H,4-5H2,1-3H3. The Morgan fingerprint density at radius 3 is 2.61 bits per heavy atom. The highest BCUT2D eigenvalue weighted by Crippen LogP contribution is 2.34. The molecule has 98 valence electrons. The van der Waals surface area contributed by atoms with Crippen LogP contribution in [0.15, 0.2) is 21.3 Å². The molecule has 2 aromatic heterocycles. The van der Waals surface area contributed by atoms with Crippen molar-refractivity contribution in [1.82, 2.24) is 5.32 Å². The number of hydrogen-bond acceptors (Lipinski definition) is 3. The lowest BCUT2D eigenvalue weighted by atomic mass is 10.0. The Kier molecular flexibility index (Phi) is 5.01. The molecule has 18 heavy (non-hydrogen) atoms. The summed E-state index contributed by atoms with van der Waals surface area (Å²) in [6, 6.07) is 4.88. The summed E-state index contributed by atoms with van der Waals surface area (Å²) < 4.78 is 1.20. The molecule has 0 aliphatic heterocycles. The summed E-state index contributed by atoms with van der Waals surface area (Å²) in [4.78, 5) is 2.81. The average Bonchev–Trinajstić information content (AvgIpc) is 2.87. The Morgan fingerprint density at radius 1 is 1.33 bits per heavy atom. The van der Waals surface area contributed by atoms with Crippen molar-refractivity contribution >= 4 is 38.6 Å². The summed E-state index contributed by atoms with van der Waals surface area (Å²) in [5, 5.41) is 5.90. The van der Waals surface area contributed by atoms with E-state index in [1.54, 1.807) is 11.3 Å². The number of halogens is 1. The zero-order chi connectivity index (χ0) is 13.1. The van der Waals surface area contributed by atoms with Crippen molar-refractivity contribution in [1.29, 1.82) is 0 Å². The predicted octanol–water partition coefficient (Wildman–Crippen LogP) is 5.28. The monoisotopic (exact) mass is 343 g/mol. The van der Waals surface area contributed by atoms with Gasteiger partial charge in [-0.2, -0.15) is 0 Å². The van der Waals surface area contributed by atoms with E-state index in [4.69, 9.17) is 0 Å². The molecule has 0 spiro atoms. The maximum Gasteiger partial charge on any atom is 0.0701 e. The smallest absolute Gasteiger partial charge is 0.0701 e. The van der Waals surface area contributed by atoms with E-state index in [9.17, 15) is 0 Å². The van der Waals surface area contributed by atoms with E-state index in [0.717, 1.165) is 13.0 Å². The van der Waals surface area contributed by atoms with Gasteiger partial charge in [-0.25, -0.2) is 0 Å². The van der Waals surface area contributed by atoms with Gasteiger partial charge in [0.25, 0.3) is 0 Å². The molecule has 1 N–H and O–H groups in total. The van der Waals surface area contributed by atoms with Gasteiger partial charge in [-0.15, -0.1) is 22.7 Å². The Hall–Kier alpha value is -0.160. The zero-order valence-electron chi connectivity index (χ0n) is 10.9. The summed E-state index contributed by atoms with van der Waals surface area (Å²) in [5.41, 5.74) is 2.79. The molecular formula is C14H18BrNS2. The van der Waals surface area contributed by atoms with Gasteiger partial charge in [-0.05, 0) is 71.4 Å². The molecule has 2 aromatic rings. The van der Waals surface area contributed by atoms with Crippen molar-refractivity contribution in [2.45, 2.75) is 33.2 Å². The summed E-state index contributed by atoms with van der Waals surface area (Å²) in [6.45, 7) is 7.66. The Bertz CT molecular complexity index is 516. The molecule has 1 unspecified atom stereocenters. The van der Waals surface area contributed by atoms with Crippen molar-refractivity contribution in [3.8, 4) is 0 Å². The van der Waals surface area contributed by atoms with Crippen LogP contribution in [0.3, 0.4) is 0 Å². The molecule has 2 heterocycles. The lowest BCUT2D eigenvalue weighted by Crippen LogP contribution is -2.22. The van der Waals surface area contributed by atoms with Gasteiger partial charge in [0.15, 0.2) is 0 Å². The van der Waals surface area contributed by atoms with Crippen LogP contribution in [-0.4, -0.2) is 6.54 Å². The minimum Gasteiger partial charge on any atom is -0.306 e. The van der Waals surface area contributed by atoms with Gasteiger partial charge in [0.1, 0.15) is 0 Å². The van der Waals surface area contributed by atoms with E-state index in [0.29, 0.717) is 6.04 Å². The van der Waals surface area contributed by atoms with Gasteiger partial charge in [-0.3, -0.25) is 0 Å². The quantitative estimate of drug-likeness (QED) is 0.778. The van der Waals surface area contributed by atoms with Crippen LogP contribution in [-0.2, 0) is 0 Å². The fourth-order valence-electron chi connectivity index (χ4n) is 2.11. The van der Waals surface area contributed by atoms with Crippen molar-refractivity contribution in [2.75, 3.05) is 6.54 Å². The number of aryl methyl sites for hydroxylation is 2. The van der Waals surface area contributed by atoms with Gasteiger partial charge in [0.05, 0.1) is 9.83 Å². The van der Waals surface area contributed by atoms with Gasteiger partial charge in [-0.1, -0.05) is 6.92 Å². The fourth-order valence-corrected chi connectivity index (χ4v) is 4.27. The first-order valence-corrected chi connectivity index (χ1v) is 8.65. The normalized spacial score (nSPS) is 12.9. The van der Waals surface area contributed by atoms with Gasteiger partial charge < -0.3 is 5.32 Å². The third-order valence-electron chi connectivity index (χ3n) is 2.91. The van der Waals surface area contributed by atoms with E-state index < -0.39 is 0 Å². The molecule has 0 radical (unpaired) electrons. The third-order valence-corrected chi connectivity index (χ3v) is 5.41. The first kappa shape index (κ1) is 14.3. The van der Waals surface area contributed by atoms with Gasteiger partial charge in [0.2, 0.25) is 0 Å². The van der Waals surface area contributed by atoms with Gasteiger partial charge >= 0.3 is 0 Å². The highest BCUT2D eigenvalue weighted by molar-refractivity contribution is 9.11. The van der Waals surface area contributed by atoms with Crippen molar-refractivity contribution in [3.63, 3.8) is 0 Å². The average molecular weight is 344 g/mol. The van der Waals surface area contributed by atoms with Crippen molar-refractivity contribution in [3.05, 3.63) is 42.2 Å². The molecule has 0 fully saturated rings. The summed E-state index contributed by atoms with van der Waals surface area (Å²) in [5.74, 6) is 0. The van der Waals surface area contributed by atoms with E-state index >= 15 is 0 Å². The molecule has 2 rings (SSSR count). The van der Waals surface area contributed by atoms with E-state index in [1.807, 2.05) is 11.3 Å². The highest BCUT2D eigenvalue weighted by Gasteiger charge is 2.18. The topological polar surface area (TPSA) is 12.0 Å². The molecule has 0 aliphatic carbocycles. The third kappa shape index (κ3) is 3.23. The lowest BCUT2D eigenvalue weighted by Gasteiger charge is -2.17. The van der Waals surface area contributed by atoms with Crippen LogP contribution in [0.1, 0.15) is 40.3 Å². The largest absolute Gasteiger partial charge is 0.306 e. The molecule has 0 saturated heterocycles. The molecule has 0 bridgehead atoms.